The Balaban J connectivity index is 3.40. The number of carbonyl (C=O) groups is 2. The van der Waals surface area contributed by atoms with Crippen molar-refractivity contribution in [1.82, 2.24) is 0 Å². The molecule has 0 spiro atoms. The Bertz CT molecular complexity index is 488. The number of rotatable bonds is 7. The summed E-state index contributed by atoms with van der Waals surface area (Å²) in [4.78, 5) is 24.1. The highest BCUT2D eigenvalue weighted by atomic mass is 79.9. The van der Waals surface area contributed by atoms with Gasteiger partial charge in [-0.1, -0.05) is 34.1 Å². The summed E-state index contributed by atoms with van der Waals surface area (Å²) in [5.74, 6) is -2.09. The molecule has 1 aromatic carbocycles. The van der Waals surface area contributed by atoms with E-state index in [-0.39, 0.29) is 26.1 Å². The van der Waals surface area contributed by atoms with Gasteiger partial charge in [-0.25, -0.2) is 0 Å². The lowest BCUT2D eigenvalue weighted by atomic mass is 9.76. The molecule has 1 rings (SSSR count). The van der Waals surface area contributed by atoms with Gasteiger partial charge in [0.1, 0.15) is 0 Å². The van der Waals surface area contributed by atoms with Crippen LogP contribution in [-0.4, -0.2) is 35.4 Å². The molecule has 6 heteroatoms. The highest BCUT2D eigenvalue weighted by Crippen LogP contribution is 2.36. The summed E-state index contributed by atoms with van der Waals surface area (Å²) in [5, 5.41) is 18.6. The summed E-state index contributed by atoms with van der Waals surface area (Å²) in [6.07, 6.45) is 0.159. The Morgan fingerprint density at radius 1 is 1.35 bits per heavy atom. The van der Waals surface area contributed by atoms with Gasteiger partial charge in [-0.05, 0) is 31.4 Å². The minimum absolute atomic E-state index is 0.0275. The molecule has 20 heavy (non-hydrogen) atoms. The first-order chi connectivity index (χ1) is 9.50. The van der Waals surface area contributed by atoms with E-state index < -0.39 is 17.4 Å². The number of halogens is 1. The first-order valence-corrected chi connectivity index (χ1v) is 7.06. The van der Waals surface area contributed by atoms with Crippen LogP contribution in [0.5, 0.6) is 0 Å². The molecule has 0 aliphatic rings. The van der Waals surface area contributed by atoms with Crippen LogP contribution < -0.4 is 0 Å². The van der Waals surface area contributed by atoms with Crippen LogP contribution in [0, 0.1) is 0 Å². The van der Waals surface area contributed by atoms with E-state index in [1.165, 1.54) is 0 Å². The van der Waals surface area contributed by atoms with Crippen molar-refractivity contribution in [2.24, 2.45) is 0 Å². The second-order valence-corrected chi connectivity index (χ2v) is 5.09. The minimum atomic E-state index is -1.81. The molecule has 0 saturated carbocycles. The van der Waals surface area contributed by atoms with E-state index >= 15 is 0 Å². The average molecular weight is 345 g/mol. The summed E-state index contributed by atoms with van der Waals surface area (Å²) < 4.78 is 5.47. The van der Waals surface area contributed by atoms with Crippen molar-refractivity contribution < 1.29 is 24.5 Å². The van der Waals surface area contributed by atoms with Gasteiger partial charge in [0.15, 0.2) is 5.41 Å². The molecule has 0 saturated heterocycles. The van der Waals surface area contributed by atoms with E-state index in [1.807, 2.05) is 0 Å². The molecule has 110 valence electrons. The fourth-order valence-corrected chi connectivity index (χ4v) is 2.69. The predicted octanol–water partition coefficient (Wildman–Crippen LogP) is 2.11. The SMILES string of the molecule is CCOC(=O)C(CCCO)(C(=O)O)c1ccccc1Br. The van der Waals surface area contributed by atoms with Crippen LogP contribution in [0.1, 0.15) is 25.3 Å². The van der Waals surface area contributed by atoms with Gasteiger partial charge in [0.05, 0.1) is 6.61 Å². The Hall–Kier alpha value is -1.40. The monoisotopic (exact) mass is 344 g/mol. The Morgan fingerprint density at radius 3 is 2.50 bits per heavy atom. The van der Waals surface area contributed by atoms with Crippen molar-refractivity contribution in [2.75, 3.05) is 13.2 Å². The molecule has 0 fully saturated rings. The lowest BCUT2D eigenvalue weighted by molar-refractivity contribution is -0.162. The van der Waals surface area contributed by atoms with Crippen LogP contribution in [0.2, 0.25) is 0 Å². The van der Waals surface area contributed by atoms with Gasteiger partial charge in [-0.15, -0.1) is 0 Å². The molecule has 0 aliphatic carbocycles. The van der Waals surface area contributed by atoms with Crippen LogP contribution in [-0.2, 0) is 19.7 Å². The molecule has 1 unspecified atom stereocenters. The number of ether oxygens (including phenoxy) is 1. The lowest BCUT2D eigenvalue weighted by Gasteiger charge is -2.28. The maximum atomic E-state index is 12.3. The van der Waals surface area contributed by atoms with Crippen molar-refractivity contribution in [1.29, 1.82) is 0 Å². The fraction of sp³-hybridized carbons (Fsp3) is 0.429. The molecular weight excluding hydrogens is 328 g/mol. The van der Waals surface area contributed by atoms with Gasteiger partial charge >= 0.3 is 11.9 Å². The number of carbonyl (C=O) groups excluding carboxylic acids is 1. The minimum Gasteiger partial charge on any atom is -0.480 e. The van der Waals surface area contributed by atoms with E-state index in [1.54, 1.807) is 31.2 Å². The second-order valence-electron chi connectivity index (χ2n) is 4.24. The number of hydrogen-bond donors (Lipinski definition) is 2. The van der Waals surface area contributed by atoms with Gasteiger partial charge in [0.2, 0.25) is 0 Å². The number of esters is 1. The van der Waals surface area contributed by atoms with E-state index in [9.17, 15) is 14.7 Å². The first-order valence-electron chi connectivity index (χ1n) is 6.27. The van der Waals surface area contributed by atoms with Gasteiger partial charge in [0.25, 0.3) is 0 Å². The van der Waals surface area contributed by atoms with E-state index in [0.717, 1.165) is 0 Å². The molecule has 0 heterocycles. The van der Waals surface area contributed by atoms with Gasteiger partial charge < -0.3 is 14.9 Å². The van der Waals surface area contributed by atoms with Crippen LogP contribution in [0.25, 0.3) is 0 Å². The first kappa shape index (κ1) is 16.7. The molecule has 0 aliphatic heterocycles. The smallest absolute Gasteiger partial charge is 0.328 e. The lowest BCUT2D eigenvalue weighted by Crippen LogP contribution is -2.45. The molecule has 2 N–H and O–H groups in total. The Kier molecular flexibility index (Phi) is 6.16. The molecule has 1 aromatic rings. The fourth-order valence-electron chi connectivity index (χ4n) is 2.06. The standard InChI is InChI=1S/C14H17BrO5/c1-2-20-13(19)14(12(17)18,8-5-9-16)10-6-3-4-7-11(10)15/h3-4,6-7,16H,2,5,8-9H2,1H3,(H,17,18). The van der Waals surface area contributed by atoms with E-state index in [0.29, 0.717) is 10.0 Å². The third kappa shape index (κ3) is 3.19. The third-order valence-electron chi connectivity index (χ3n) is 3.03. The predicted molar refractivity (Wildman–Crippen MR) is 76.4 cm³/mol. The van der Waals surface area contributed by atoms with Gasteiger partial charge in [-0.3, -0.25) is 9.59 Å². The zero-order valence-corrected chi connectivity index (χ0v) is 12.7. The van der Waals surface area contributed by atoms with Gasteiger partial charge in [-0.2, -0.15) is 0 Å². The summed E-state index contributed by atoms with van der Waals surface area (Å²) >= 11 is 3.28. The molecule has 0 radical (unpaired) electrons. The highest BCUT2D eigenvalue weighted by molar-refractivity contribution is 9.10. The molecule has 0 amide bonds. The second kappa shape index (κ2) is 7.40. The number of aliphatic hydroxyl groups excluding tert-OH is 1. The third-order valence-corrected chi connectivity index (χ3v) is 3.72. The van der Waals surface area contributed by atoms with Crippen molar-refractivity contribution in [3.8, 4) is 0 Å². The maximum absolute atomic E-state index is 12.3. The summed E-state index contributed by atoms with van der Waals surface area (Å²) in [6, 6.07) is 6.64. The summed E-state index contributed by atoms with van der Waals surface area (Å²) in [6.45, 7) is 1.52. The van der Waals surface area contributed by atoms with Crippen molar-refractivity contribution >= 4 is 27.9 Å². The Labute approximate surface area is 125 Å². The van der Waals surface area contributed by atoms with E-state index in [2.05, 4.69) is 15.9 Å². The van der Waals surface area contributed by atoms with Crippen LogP contribution >= 0.6 is 15.9 Å². The van der Waals surface area contributed by atoms with Crippen LogP contribution in [0.4, 0.5) is 0 Å². The summed E-state index contributed by atoms with van der Waals surface area (Å²) in [7, 11) is 0. The Morgan fingerprint density at radius 2 is 2.00 bits per heavy atom. The number of aliphatic hydroxyl groups is 1. The molecule has 5 nitrogen and oxygen atoms in total. The van der Waals surface area contributed by atoms with Crippen LogP contribution in [0.15, 0.2) is 28.7 Å². The average Bonchev–Trinajstić information content (AvgIpc) is 2.41. The quantitative estimate of drug-likeness (QED) is 0.584. The van der Waals surface area contributed by atoms with Crippen molar-refractivity contribution in [3.63, 3.8) is 0 Å². The van der Waals surface area contributed by atoms with Crippen molar-refractivity contribution in [2.45, 2.75) is 25.2 Å². The van der Waals surface area contributed by atoms with Gasteiger partial charge in [0, 0.05) is 11.1 Å². The largest absolute Gasteiger partial charge is 0.480 e. The number of carboxylic acids is 1. The number of benzene rings is 1. The number of hydrogen-bond acceptors (Lipinski definition) is 4. The molecule has 0 aromatic heterocycles. The van der Waals surface area contributed by atoms with E-state index in [4.69, 9.17) is 9.84 Å². The molecule has 0 bridgehead atoms. The number of carboxylic acid groups (broad SMARTS) is 1. The zero-order chi connectivity index (χ0) is 15.2. The van der Waals surface area contributed by atoms with Crippen LogP contribution in [0.3, 0.4) is 0 Å². The summed E-state index contributed by atoms with van der Waals surface area (Å²) in [5.41, 5.74) is -1.47. The normalized spacial score (nSPS) is 13.6. The molecular formula is C14H17BrO5. The zero-order valence-electron chi connectivity index (χ0n) is 11.1. The number of aliphatic carboxylic acids is 1. The topological polar surface area (TPSA) is 83.8 Å². The maximum Gasteiger partial charge on any atom is 0.328 e. The van der Waals surface area contributed by atoms with Crippen molar-refractivity contribution in [3.05, 3.63) is 34.3 Å². The molecule has 1 atom stereocenters. The highest BCUT2D eigenvalue weighted by Gasteiger charge is 2.49.